The molecule has 0 fully saturated rings. The lowest BCUT2D eigenvalue weighted by molar-refractivity contribution is 0.143. The Balaban J connectivity index is 2.37. The quantitative estimate of drug-likeness (QED) is 0.703. The second kappa shape index (κ2) is 7.84. The van der Waals surface area contributed by atoms with Crippen molar-refractivity contribution in [1.29, 1.82) is 0 Å². The van der Waals surface area contributed by atoms with Crippen molar-refractivity contribution in [3.63, 3.8) is 0 Å². The lowest BCUT2D eigenvalue weighted by Crippen LogP contribution is -2.08. The Hall–Kier alpha value is -1.36. The molecule has 0 saturated carbocycles. The van der Waals surface area contributed by atoms with Crippen LogP contribution in [0.3, 0.4) is 0 Å². The molecule has 5 nitrogen and oxygen atoms in total. The monoisotopic (exact) mass is 239 g/mol. The highest BCUT2D eigenvalue weighted by Crippen LogP contribution is 2.11. The van der Waals surface area contributed by atoms with Gasteiger partial charge in [0.05, 0.1) is 6.61 Å². The maximum absolute atomic E-state index is 5.40. The Labute approximate surface area is 103 Å². The molecular formula is C12H21N3O2. The Kier molecular flexibility index (Phi) is 6.32. The number of anilines is 1. The van der Waals surface area contributed by atoms with Gasteiger partial charge in [-0.05, 0) is 12.3 Å². The molecule has 0 unspecified atom stereocenters. The van der Waals surface area contributed by atoms with Gasteiger partial charge in [-0.15, -0.1) is 0 Å². The minimum absolute atomic E-state index is 0.499. The third-order valence-corrected chi connectivity index (χ3v) is 2.21. The molecule has 0 bridgehead atoms. The molecule has 0 aliphatic rings. The fraction of sp³-hybridized carbons (Fsp3) is 0.667. The van der Waals surface area contributed by atoms with E-state index in [9.17, 15) is 0 Å². The summed E-state index contributed by atoms with van der Waals surface area (Å²) in [5, 5.41) is 3.24. The standard InChI is InChI=1S/C12H21N3O2/c1-10(2)4-5-13-11-8-12(15-9-14-11)17-7-6-16-3/h8-10H,4-7H2,1-3H3,(H,13,14,15). The third-order valence-electron chi connectivity index (χ3n) is 2.21. The zero-order valence-corrected chi connectivity index (χ0v) is 10.8. The zero-order chi connectivity index (χ0) is 12.5. The van der Waals surface area contributed by atoms with Crippen molar-refractivity contribution in [3.05, 3.63) is 12.4 Å². The fourth-order valence-electron chi connectivity index (χ4n) is 1.23. The van der Waals surface area contributed by atoms with E-state index in [1.165, 1.54) is 6.33 Å². The molecule has 0 aromatic carbocycles. The lowest BCUT2D eigenvalue weighted by atomic mass is 10.1. The molecule has 0 aliphatic heterocycles. The Morgan fingerprint density at radius 2 is 2.12 bits per heavy atom. The molecule has 1 rings (SSSR count). The van der Waals surface area contributed by atoms with Crippen LogP contribution in [0, 0.1) is 5.92 Å². The van der Waals surface area contributed by atoms with Crippen molar-refractivity contribution in [2.75, 3.05) is 32.2 Å². The average Bonchev–Trinajstić information content (AvgIpc) is 2.29. The molecule has 0 radical (unpaired) electrons. The summed E-state index contributed by atoms with van der Waals surface area (Å²) in [7, 11) is 1.64. The van der Waals surface area contributed by atoms with E-state index < -0.39 is 0 Å². The maximum Gasteiger partial charge on any atom is 0.218 e. The highest BCUT2D eigenvalue weighted by molar-refractivity contribution is 5.36. The fourth-order valence-corrected chi connectivity index (χ4v) is 1.23. The van der Waals surface area contributed by atoms with E-state index >= 15 is 0 Å². The average molecular weight is 239 g/mol. The van der Waals surface area contributed by atoms with Crippen molar-refractivity contribution in [2.45, 2.75) is 20.3 Å². The van der Waals surface area contributed by atoms with Crippen LogP contribution in [0.1, 0.15) is 20.3 Å². The second-order valence-electron chi connectivity index (χ2n) is 4.19. The summed E-state index contributed by atoms with van der Waals surface area (Å²) in [6.45, 7) is 6.35. The second-order valence-corrected chi connectivity index (χ2v) is 4.19. The molecule has 1 aromatic rings. The molecule has 1 N–H and O–H groups in total. The Morgan fingerprint density at radius 1 is 1.29 bits per heavy atom. The van der Waals surface area contributed by atoms with Gasteiger partial charge in [-0.1, -0.05) is 13.8 Å². The van der Waals surface area contributed by atoms with Crippen molar-refractivity contribution < 1.29 is 9.47 Å². The first-order valence-corrected chi connectivity index (χ1v) is 5.90. The number of nitrogens with zero attached hydrogens (tertiary/aromatic N) is 2. The smallest absolute Gasteiger partial charge is 0.218 e. The summed E-state index contributed by atoms with van der Waals surface area (Å²) < 4.78 is 10.3. The van der Waals surface area contributed by atoms with Gasteiger partial charge in [-0.3, -0.25) is 0 Å². The van der Waals surface area contributed by atoms with E-state index in [4.69, 9.17) is 9.47 Å². The Morgan fingerprint density at radius 3 is 2.82 bits per heavy atom. The van der Waals surface area contributed by atoms with Crippen LogP contribution in [-0.2, 0) is 4.74 Å². The highest BCUT2D eigenvalue weighted by atomic mass is 16.5. The topological polar surface area (TPSA) is 56.3 Å². The summed E-state index contributed by atoms with van der Waals surface area (Å²) >= 11 is 0. The van der Waals surface area contributed by atoms with Gasteiger partial charge in [0.25, 0.3) is 0 Å². The van der Waals surface area contributed by atoms with Crippen molar-refractivity contribution in [3.8, 4) is 5.88 Å². The zero-order valence-electron chi connectivity index (χ0n) is 10.8. The first-order valence-electron chi connectivity index (χ1n) is 5.90. The number of hydrogen-bond donors (Lipinski definition) is 1. The van der Waals surface area contributed by atoms with Gasteiger partial charge in [-0.25, -0.2) is 9.97 Å². The number of aromatic nitrogens is 2. The molecule has 0 saturated heterocycles. The van der Waals surface area contributed by atoms with Crippen molar-refractivity contribution >= 4 is 5.82 Å². The van der Waals surface area contributed by atoms with Gasteiger partial charge < -0.3 is 14.8 Å². The number of methoxy groups -OCH3 is 1. The van der Waals surface area contributed by atoms with Gasteiger partial charge in [0.15, 0.2) is 0 Å². The van der Waals surface area contributed by atoms with Crippen LogP contribution < -0.4 is 10.1 Å². The first kappa shape index (κ1) is 13.7. The van der Waals surface area contributed by atoms with E-state index in [1.54, 1.807) is 13.2 Å². The van der Waals surface area contributed by atoms with E-state index in [0.717, 1.165) is 18.8 Å². The molecule has 0 spiro atoms. The van der Waals surface area contributed by atoms with Crippen molar-refractivity contribution in [2.24, 2.45) is 5.92 Å². The molecule has 0 amide bonds. The van der Waals surface area contributed by atoms with Crippen LogP contribution in [0.5, 0.6) is 5.88 Å². The Bertz CT molecular complexity index is 318. The molecule has 96 valence electrons. The number of ether oxygens (including phenoxy) is 2. The van der Waals surface area contributed by atoms with Gasteiger partial charge >= 0.3 is 0 Å². The maximum atomic E-state index is 5.40. The minimum atomic E-state index is 0.499. The highest BCUT2D eigenvalue weighted by Gasteiger charge is 2.00. The molecule has 1 heterocycles. The summed E-state index contributed by atoms with van der Waals surface area (Å²) in [5.41, 5.74) is 0. The summed E-state index contributed by atoms with van der Waals surface area (Å²) in [5.74, 6) is 2.05. The summed E-state index contributed by atoms with van der Waals surface area (Å²) in [6.07, 6.45) is 2.61. The largest absolute Gasteiger partial charge is 0.475 e. The first-order chi connectivity index (χ1) is 8.22. The van der Waals surface area contributed by atoms with E-state index in [2.05, 4.69) is 29.1 Å². The van der Waals surface area contributed by atoms with E-state index in [0.29, 0.717) is 25.0 Å². The third kappa shape index (κ3) is 6.06. The van der Waals surface area contributed by atoms with E-state index in [-0.39, 0.29) is 0 Å². The van der Waals surface area contributed by atoms with Gasteiger partial charge in [0.1, 0.15) is 18.8 Å². The van der Waals surface area contributed by atoms with Gasteiger partial charge in [0.2, 0.25) is 5.88 Å². The summed E-state index contributed by atoms with van der Waals surface area (Å²) in [4.78, 5) is 8.16. The summed E-state index contributed by atoms with van der Waals surface area (Å²) in [6, 6.07) is 1.80. The lowest BCUT2D eigenvalue weighted by Gasteiger charge is -2.09. The molecular weight excluding hydrogens is 218 g/mol. The van der Waals surface area contributed by atoms with Gasteiger partial charge in [0, 0.05) is 19.7 Å². The van der Waals surface area contributed by atoms with Crippen LogP contribution in [0.2, 0.25) is 0 Å². The molecule has 0 aliphatic carbocycles. The molecule has 1 aromatic heterocycles. The predicted octanol–water partition coefficient (Wildman–Crippen LogP) is 1.96. The van der Waals surface area contributed by atoms with Crippen LogP contribution in [0.15, 0.2) is 12.4 Å². The minimum Gasteiger partial charge on any atom is -0.475 e. The number of rotatable bonds is 8. The van der Waals surface area contributed by atoms with Crippen LogP contribution >= 0.6 is 0 Å². The van der Waals surface area contributed by atoms with Crippen LogP contribution in [0.25, 0.3) is 0 Å². The van der Waals surface area contributed by atoms with Crippen LogP contribution in [-0.4, -0.2) is 36.8 Å². The predicted molar refractivity (Wildman–Crippen MR) is 67.3 cm³/mol. The number of nitrogens with one attached hydrogen (secondary N) is 1. The van der Waals surface area contributed by atoms with Gasteiger partial charge in [-0.2, -0.15) is 0 Å². The normalized spacial score (nSPS) is 10.6. The van der Waals surface area contributed by atoms with Crippen LogP contribution in [0.4, 0.5) is 5.82 Å². The van der Waals surface area contributed by atoms with Crippen molar-refractivity contribution in [1.82, 2.24) is 9.97 Å². The molecule has 0 atom stereocenters. The van der Waals surface area contributed by atoms with E-state index in [1.807, 2.05) is 0 Å². The molecule has 17 heavy (non-hydrogen) atoms. The number of hydrogen-bond acceptors (Lipinski definition) is 5. The SMILES string of the molecule is COCCOc1cc(NCCC(C)C)ncn1. The molecule has 5 heteroatoms.